The summed E-state index contributed by atoms with van der Waals surface area (Å²) in [5.74, 6) is 1.85. The molecule has 2 N–H and O–H groups in total. The highest BCUT2D eigenvalue weighted by Crippen LogP contribution is 2.28. The highest BCUT2D eigenvalue weighted by Gasteiger charge is 2.22. The third-order valence-corrected chi connectivity index (χ3v) is 6.28. The number of H-pyrrole nitrogens is 1. The lowest BCUT2D eigenvalue weighted by molar-refractivity contribution is -0.121. The third kappa shape index (κ3) is 5.23. The first-order chi connectivity index (χ1) is 11.7. The van der Waals surface area contributed by atoms with Crippen LogP contribution in [-0.2, 0) is 11.2 Å². The van der Waals surface area contributed by atoms with Gasteiger partial charge in [0.2, 0.25) is 11.1 Å². The summed E-state index contributed by atoms with van der Waals surface area (Å²) in [5, 5.41) is 11.1. The predicted molar refractivity (Wildman–Crippen MR) is 97.0 cm³/mol. The minimum Gasteiger partial charge on any atom is -0.352 e. The number of aromatic amines is 1. The molecule has 2 aliphatic rings. The fraction of sp³-hybridized carbons (Fsp3) is 0.833. The number of hydrogen-bond donors (Lipinski definition) is 2. The van der Waals surface area contributed by atoms with Gasteiger partial charge in [-0.15, -0.1) is 5.10 Å². The van der Waals surface area contributed by atoms with Gasteiger partial charge < -0.3 is 5.32 Å². The van der Waals surface area contributed by atoms with Gasteiger partial charge in [0.25, 0.3) is 0 Å². The second-order valence-electron chi connectivity index (χ2n) is 7.38. The summed E-state index contributed by atoms with van der Waals surface area (Å²) in [6.07, 6.45) is 13.6. The average molecular weight is 351 g/mol. The second-order valence-corrected chi connectivity index (χ2v) is 8.68. The van der Waals surface area contributed by atoms with Crippen molar-refractivity contribution in [2.45, 2.75) is 94.0 Å². The molecule has 0 aromatic carbocycles. The van der Waals surface area contributed by atoms with Gasteiger partial charge in [-0.2, -0.15) is 0 Å². The van der Waals surface area contributed by atoms with E-state index in [9.17, 15) is 4.79 Å². The Balaban J connectivity index is 1.45. The van der Waals surface area contributed by atoms with Crippen LogP contribution < -0.4 is 5.32 Å². The minimum absolute atomic E-state index is 0.119. The van der Waals surface area contributed by atoms with Gasteiger partial charge in [0, 0.05) is 12.5 Å². The molecule has 24 heavy (non-hydrogen) atoms. The highest BCUT2D eigenvalue weighted by atomic mass is 32.2. The molecular weight excluding hydrogens is 320 g/mol. The molecule has 1 unspecified atom stereocenters. The molecule has 1 aromatic rings. The Kier molecular flexibility index (Phi) is 6.58. The van der Waals surface area contributed by atoms with Crippen molar-refractivity contribution >= 4 is 17.7 Å². The van der Waals surface area contributed by atoms with E-state index in [0.717, 1.165) is 31.0 Å². The van der Waals surface area contributed by atoms with Gasteiger partial charge in [-0.25, -0.2) is 4.98 Å². The van der Waals surface area contributed by atoms with Crippen molar-refractivity contribution in [1.29, 1.82) is 0 Å². The molecule has 0 aliphatic heterocycles. The van der Waals surface area contributed by atoms with E-state index in [1.54, 1.807) is 0 Å². The van der Waals surface area contributed by atoms with Crippen LogP contribution in [0.3, 0.4) is 0 Å². The molecule has 1 heterocycles. The summed E-state index contributed by atoms with van der Waals surface area (Å²) in [4.78, 5) is 17.0. The van der Waals surface area contributed by atoms with Crippen LogP contribution in [0.5, 0.6) is 0 Å². The molecule has 1 aromatic heterocycles. The molecule has 1 amide bonds. The molecule has 2 saturated carbocycles. The SMILES string of the molecule is CC(Sc1n[nH]c(CC2CCCC2)n1)C(=O)NC1CCCCCC1. The van der Waals surface area contributed by atoms with Crippen LogP contribution in [0.15, 0.2) is 5.16 Å². The molecule has 0 spiro atoms. The van der Waals surface area contributed by atoms with Crippen molar-refractivity contribution in [3.8, 4) is 0 Å². The van der Waals surface area contributed by atoms with E-state index < -0.39 is 0 Å². The number of amides is 1. The lowest BCUT2D eigenvalue weighted by Gasteiger charge is -2.18. The minimum atomic E-state index is -0.150. The molecular formula is C18H30N4OS. The average Bonchev–Trinajstić information content (AvgIpc) is 3.16. The largest absolute Gasteiger partial charge is 0.352 e. The standard InChI is InChI=1S/C18H30N4OS/c1-13(17(23)19-15-10-4-2-3-5-11-15)24-18-20-16(21-22-18)12-14-8-6-7-9-14/h13-15H,2-12H2,1H3,(H,19,23)(H,20,21,22). The van der Waals surface area contributed by atoms with Crippen LogP contribution in [0, 0.1) is 5.92 Å². The Morgan fingerprint density at radius 1 is 1.17 bits per heavy atom. The van der Waals surface area contributed by atoms with Crippen LogP contribution in [-0.4, -0.2) is 32.4 Å². The van der Waals surface area contributed by atoms with Crippen LogP contribution >= 0.6 is 11.8 Å². The van der Waals surface area contributed by atoms with Gasteiger partial charge in [-0.05, 0) is 25.7 Å². The Bertz CT molecular complexity index is 519. The third-order valence-electron chi connectivity index (χ3n) is 5.32. The number of nitrogens with one attached hydrogen (secondary N) is 2. The number of hydrogen-bond acceptors (Lipinski definition) is 4. The van der Waals surface area contributed by atoms with Crippen LogP contribution in [0.4, 0.5) is 0 Å². The molecule has 134 valence electrons. The lowest BCUT2D eigenvalue weighted by atomic mass is 10.0. The van der Waals surface area contributed by atoms with E-state index in [1.807, 2.05) is 6.92 Å². The van der Waals surface area contributed by atoms with Gasteiger partial charge in [-0.3, -0.25) is 9.89 Å². The topological polar surface area (TPSA) is 70.7 Å². The summed E-state index contributed by atoms with van der Waals surface area (Å²) in [6, 6.07) is 0.355. The van der Waals surface area contributed by atoms with E-state index in [1.165, 1.54) is 63.1 Å². The van der Waals surface area contributed by atoms with Crippen LogP contribution in [0.2, 0.25) is 0 Å². The zero-order valence-corrected chi connectivity index (χ0v) is 15.5. The molecule has 0 saturated heterocycles. The van der Waals surface area contributed by atoms with Crippen molar-refractivity contribution in [3.63, 3.8) is 0 Å². The van der Waals surface area contributed by atoms with E-state index in [-0.39, 0.29) is 11.2 Å². The number of carbonyl (C=O) groups is 1. The van der Waals surface area contributed by atoms with E-state index in [0.29, 0.717) is 11.2 Å². The van der Waals surface area contributed by atoms with E-state index in [4.69, 9.17) is 0 Å². The summed E-state index contributed by atoms with van der Waals surface area (Å²) >= 11 is 1.46. The van der Waals surface area contributed by atoms with Crippen molar-refractivity contribution in [2.24, 2.45) is 5.92 Å². The summed E-state index contributed by atoms with van der Waals surface area (Å²) in [6.45, 7) is 1.95. The first kappa shape index (κ1) is 17.8. The first-order valence-electron chi connectivity index (χ1n) is 9.59. The molecule has 1 atom stereocenters. The number of aromatic nitrogens is 3. The summed E-state index contributed by atoms with van der Waals surface area (Å²) in [5.41, 5.74) is 0. The number of nitrogens with zero attached hydrogens (tertiary/aromatic N) is 2. The van der Waals surface area contributed by atoms with Crippen LogP contribution in [0.25, 0.3) is 0 Å². The lowest BCUT2D eigenvalue weighted by Crippen LogP contribution is -2.39. The predicted octanol–water partition coefficient (Wildman–Crippen LogP) is 3.86. The summed E-state index contributed by atoms with van der Waals surface area (Å²) in [7, 11) is 0. The van der Waals surface area contributed by atoms with E-state index >= 15 is 0 Å². The number of thioether (sulfide) groups is 1. The monoisotopic (exact) mass is 350 g/mol. The molecule has 5 nitrogen and oxygen atoms in total. The Morgan fingerprint density at radius 3 is 2.54 bits per heavy atom. The zero-order valence-electron chi connectivity index (χ0n) is 14.7. The Morgan fingerprint density at radius 2 is 1.83 bits per heavy atom. The molecule has 6 heteroatoms. The highest BCUT2D eigenvalue weighted by molar-refractivity contribution is 8.00. The second kappa shape index (κ2) is 8.88. The normalized spacial score (nSPS) is 21.5. The van der Waals surface area contributed by atoms with Crippen molar-refractivity contribution in [1.82, 2.24) is 20.5 Å². The first-order valence-corrected chi connectivity index (χ1v) is 10.5. The van der Waals surface area contributed by atoms with Crippen molar-refractivity contribution in [2.75, 3.05) is 0 Å². The zero-order chi connectivity index (χ0) is 16.8. The molecule has 0 bridgehead atoms. The summed E-state index contributed by atoms with van der Waals surface area (Å²) < 4.78 is 0. The smallest absolute Gasteiger partial charge is 0.233 e. The fourth-order valence-corrected chi connectivity index (χ4v) is 4.62. The maximum Gasteiger partial charge on any atom is 0.233 e. The van der Waals surface area contributed by atoms with Gasteiger partial charge in [0.1, 0.15) is 5.82 Å². The van der Waals surface area contributed by atoms with Gasteiger partial charge in [-0.1, -0.05) is 63.1 Å². The molecule has 2 fully saturated rings. The molecule has 2 aliphatic carbocycles. The van der Waals surface area contributed by atoms with Gasteiger partial charge >= 0.3 is 0 Å². The van der Waals surface area contributed by atoms with Gasteiger partial charge in [0.05, 0.1) is 5.25 Å². The van der Waals surface area contributed by atoms with Crippen LogP contribution in [0.1, 0.15) is 77.0 Å². The molecule has 3 rings (SSSR count). The maximum atomic E-state index is 12.4. The number of rotatable bonds is 6. The quantitative estimate of drug-likeness (QED) is 0.604. The van der Waals surface area contributed by atoms with E-state index in [2.05, 4.69) is 20.5 Å². The Hall–Kier alpha value is -1.04. The van der Waals surface area contributed by atoms with Crippen molar-refractivity contribution in [3.05, 3.63) is 5.82 Å². The Labute approximate surface area is 149 Å². The molecule has 0 radical (unpaired) electrons. The van der Waals surface area contributed by atoms with Gasteiger partial charge in [0.15, 0.2) is 0 Å². The fourth-order valence-electron chi connectivity index (χ4n) is 3.86. The van der Waals surface area contributed by atoms with Crippen molar-refractivity contribution < 1.29 is 4.79 Å². The maximum absolute atomic E-state index is 12.4. The number of carbonyl (C=O) groups excluding carboxylic acids is 1.